The molecule has 0 saturated carbocycles. The zero-order valence-electron chi connectivity index (χ0n) is 8.53. The van der Waals surface area contributed by atoms with Gasteiger partial charge in [0.1, 0.15) is 6.10 Å². The van der Waals surface area contributed by atoms with Gasteiger partial charge in [-0.15, -0.1) is 0 Å². The third kappa shape index (κ3) is 2.91. The van der Waals surface area contributed by atoms with Crippen LogP contribution in [0, 0.1) is 5.82 Å². The van der Waals surface area contributed by atoms with E-state index >= 15 is 0 Å². The molecule has 0 radical (unpaired) electrons. The van der Waals surface area contributed by atoms with Crippen LogP contribution in [0.3, 0.4) is 0 Å². The van der Waals surface area contributed by atoms with Crippen molar-refractivity contribution in [3.63, 3.8) is 0 Å². The Hall–Kier alpha value is -1.13. The number of halogens is 1. The lowest BCUT2D eigenvalue weighted by Gasteiger charge is -2.05. The van der Waals surface area contributed by atoms with E-state index in [9.17, 15) is 4.39 Å². The highest BCUT2D eigenvalue weighted by Gasteiger charge is 2.22. The molecule has 1 aromatic rings. The predicted octanol–water partition coefficient (Wildman–Crippen LogP) is 1.75. The summed E-state index contributed by atoms with van der Waals surface area (Å²) in [6.07, 6.45) is 0.244. The Morgan fingerprint density at radius 1 is 1.53 bits per heavy atom. The van der Waals surface area contributed by atoms with Crippen molar-refractivity contribution < 1.29 is 18.6 Å². The number of epoxide rings is 1. The lowest BCUT2D eigenvalue weighted by atomic mass is 10.2. The summed E-state index contributed by atoms with van der Waals surface area (Å²) in [5.41, 5.74) is 0.800. The van der Waals surface area contributed by atoms with Gasteiger partial charge in [-0.25, -0.2) is 4.39 Å². The number of rotatable bonds is 5. The molecule has 82 valence electrons. The fraction of sp³-hybridized carbons (Fsp3) is 0.455. The van der Waals surface area contributed by atoms with Gasteiger partial charge in [0.2, 0.25) is 0 Å². The van der Waals surface area contributed by atoms with Crippen LogP contribution in [0.4, 0.5) is 4.39 Å². The van der Waals surface area contributed by atoms with E-state index in [0.717, 1.165) is 12.2 Å². The summed E-state index contributed by atoms with van der Waals surface area (Å²) in [6.45, 7) is 1.76. The van der Waals surface area contributed by atoms with Gasteiger partial charge in [-0.05, 0) is 17.7 Å². The molecule has 0 aliphatic carbocycles. The van der Waals surface area contributed by atoms with Crippen LogP contribution in [0.5, 0.6) is 5.75 Å². The van der Waals surface area contributed by atoms with Gasteiger partial charge >= 0.3 is 0 Å². The summed E-state index contributed by atoms with van der Waals surface area (Å²) in [7, 11) is 1.44. The first-order valence-electron chi connectivity index (χ1n) is 4.81. The van der Waals surface area contributed by atoms with Crippen LogP contribution in [-0.2, 0) is 16.1 Å². The zero-order valence-corrected chi connectivity index (χ0v) is 8.53. The molecule has 1 atom stereocenters. The Balaban J connectivity index is 1.87. The molecule has 1 aromatic carbocycles. The highest BCUT2D eigenvalue weighted by atomic mass is 19.1. The number of hydrogen-bond donors (Lipinski definition) is 0. The molecule has 4 heteroatoms. The summed E-state index contributed by atoms with van der Waals surface area (Å²) in [5.74, 6) is -0.106. The van der Waals surface area contributed by atoms with Crippen molar-refractivity contribution in [3.8, 4) is 5.75 Å². The van der Waals surface area contributed by atoms with Gasteiger partial charge in [-0.3, -0.25) is 0 Å². The Bertz CT molecular complexity index is 337. The van der Waals surface area contributed by atoms with Crippen molar-refractivity contribution in [2.75, 3.05) is 20.3 Å². The van der Waals surface area contributed by atoms with Crippen molar-refractivity contribution in [1.29, 1.82) is 0 Å². The smallest absolute Gasteiger partial charge is 0.165 e. The second-order valence-corrected chi connectivity index (χ2v) is 3.44. The van der Waals surface area contributed by atoms with Gasteiger partial charge in [-0.1, -0.05) is 6.07 Å². The van der Waals surface area contributed by atoms with E-state index in [0.29, 0.717) is 13.2 Å². The maximum Gasteiger partial charge on any atom is 0.165 e. The molecule has 1 saturated heterocycles. The van der Waals surface area contributed by atoms with E-state index in [1.165, 1.54) is 13.2 Å². The molecule has 0 N–H and O–H groups in total. The van der Waals surface area contributed by atoms with Gasteiger partial charge in [0.25, 0.3) is 0 Å². The highest BCUT2D eigenvalue weighted by Crippen LogP contribution is 2.18. The summed E-state index contributed by atoms with van der Waals surface area (Å²) in [6, 6.07) is 4.81. The van der Waals surface area contributed by atoms with Crippen molar-refractivity contribution in [2.24, 2.45) is 0 Å². The standard InChI is InChI=1S/C11H13FO3/c1-13-11-3-2-8(4-10(11)12)5-14-6-9-7-15-9/h2-4,9H,5-7H2,1H3/t9-/m0/s1. The SMILES string of the molecule is COc1ccc(COC[C@H]2CO2)cc1F. The first kappa shape index (κ1) is 10.4. The van der Waals surface area contributed by atoms with E-state index in [1.54, 1.807) is 12.1 Å². The molecule has 1 aliphatic heterocycles. The Labute approximate surface area is 87.8 Å². The summed E-state index contributed by atoms with van der Waals surface area (Å²) in [5, 5.41) is 0. The maximum atomic E-state index is 13.2. The topological polar surface area (TPSA) is 31.0 Å². The largest absolute Gasteiger partial charge is 0.494 e. The molecular formula is C11H13FO3. The molecule has 0 bridgehead atoms. The normalized spacial score (nSPS) is 18.9. The quantitative estimate of drug-likeness (QED) is 0.697. The zero-order chi connectivity index (χ0) is 10.7. The number of hydrogen-bond acceptors (Lipinski definition) is 3. The second kappa shape index (κ2) is 4.59. The molecule has 15 heavy (non-hydrogen) atoms. The molecule has 1 heterocycles. The third-order valence-electron chi connectivity index (χ3n) is 2.19. The van der Waals surface area contributed by atoms with Crippen LogP contribution in [0.25, 0.3) is 0 Å². The van der Waals surface area contributed by atoms with Gasteiger partial charge in [0.05, 0.1) is 26.9 Å². The minimum atomic E-state index is -0.360. The Morgan fingerprint density at radius 2 is 2.33 bits per heavy atom. The van der Waals surface area contributed by atoms with Crippen molar-refractivity contribution in [1.82, 2.24) is 0 Å². The van der Waals surface area contributed by atoms with Gasteiger partial charge in [0.15, 0.2) is 11.6 Å². The second-order valence-electron chi connectivity index (χ2n) is 3.44. The minimum Gasteiger partial charge on any atom is -0.494 e. The number of ether oxygens (including phenoxy) is 3. The van der Waals surface area contributed by atoms with Crippen LogP contribution in [0.2, 0.25) is 0 Å². The maximum absolute atomic E-state index is 13.2. The average molecular weight is 212 g/mol. The van der Waals surface area contributed by atoms with E-state index in [1.807, 2.05) is 0 Å². The van der Waals surface area contributed by atoms with Crippen molar-refractivity contribution >= 4 is 0 Å². The van der Waals surface area contributed by atoms with Crippen LogP contribution in [0.1, 0.15) is 5.56 Å². The van der Waals surface area contributed by atoms with Gasteiger partial charge in [0, 0.05) is 0 Å². The minimum absolute atomic E-state index is 0.244. The molecule has 0 spiro atoms. The first-order valence-corrected chi connectivity index (χ1v) is 4.81. The molecule has 1 aliphatic rings. The van der Waals surface area contributed by atoms with Gasteiger partial charge in [-0.2, -0.15) is 0 Å². The van der Waals surface area contributed by atoms with Crippen molar-refractivity contribution in [2.45, 2.75) is 12.7 Å². The van der Waals surface area contributed by atoms with Crippen molar-refractivity contribution in [3.05, 3.63) is 29.6 Å². The molecule has 1 fully saturated rings. The number of benzene rings is 1. The van der Waals surface area contributed by atoms with Crippen LogP contribution < -0.4 is 4.74 Å². The van der Waals surface area contributed by atoms with E-state index in [-0.39, 0.29) is 17.7 Å². The summed E-state index contributed by atoms with van der Waals surface area (Å²) < 4.78 is 28.4. The van der Waals surface area contributed by atoms with E-state index in [4.69, 9.17) is 14.2 Å². The van der Waals surface area contributed by atoms with Crippen LogP contribution >= 0.6 is 0 Å². The van der Waals surface area contributed by atoms with Crippen LogP contribution in [-0.4, -0.2) is 26.4 Å². The Morgan fingerprint density at radius 3 is 2.93 bits per heavy atom. The summed E-state index contributed by atoms with van der Waals surface area (Å²) >= 11 is 0. The third-order valence-corrected chi connectivity index (χ3v) is 2.19. The average Bonchev–Trinajstić information content (AvgIpc) is 3.02. The van der Waals surface area contributed by atoms with Crippen LogP contribution in [0.15, 0.2) is 18.2 Å². The first-order chi connectivity index (χ1) is 7.29. The van der Waals surface area contributed by atoms with Gasteiger partial charge < -0.3 is 14.2 Å². The molecule has 0 unspecified atom stereocenters. The van der Waals surface area contributed by atoms with E-state index < -0.39 is 0 Å². The number of methoxy groups -OCH3 is 1. The molecule has 3 nitrogen and oxygen atoms in total. The Kier molecular flexibility index (Phi) is 3.18. The molecule has 2 rings (SSSR count). The highest BCUT2D eigenvalue weighted by molar-refractivity contribution is 5.28. The summed E-state index contributed by atoms with van der Waals surface area (Å²) in [4.78, 5) is 0. The molecular weight excluding hydrogens is 199 g/mol. The fourth-order valence-electron chi connectivity index (χ4n) is 1.27. The monoisotopic (exact) mass is 212 g/mol. The lowest BCUT2D eigenvalue weighted by molar-refractivity contribution is 0.104. The lowest BCUT2D eigenvalue weighted by Crippen LogP contribution is -2.01. The molecule has 0 amide bonds. The molecule has 0 aromatic heterocycles. The van der Waals surface area contributed by atoms with E-state index in [2.05, 4.69) is 0 Å². The fourth-order valence-corrected chi connectivity index (χ4v) is 1.27. The predicted molar refractivity (Wildman–Crippen MR) is 52.3 cm³/mol.